The van der Waals surface area contributed by atoms with Crippen LogP contribution in [0.1, 0.15) is 71.3 Å². The number of hydrogen-bond donors (Lipinski definition) is 2. The summed E-state index contributed by atoms with van der Waals surface area (Å²) in [5.41, 5.74) is 8.23. The largest absolute Gasteiger partial charge is 0.334 e. The maximum absolute atomic E-state index is 12.9. The van der Waals surface area contributed by atoms with Gasteiger partial charge in [0.1, 0.15) is 0 Å². The van der Waals surface area contributed by atoms with E-state index in [4.69, 9.17) is 5.73 Å². The van der Waals surface area contributed by atoms with Crippen LogP contribution in [0.5, 0.6) is 0 Å². The van der Waals surface area contributed by atoms with Gasteiger partial charge in [-0.05, 0) is 48.8 Å². The van der Waals surface area contributed by atoms with Crippen molar-refractivity contribution >= 4 is 17.5 Å². The fourth-order valence-electron chi connectivity index (χ4n) is 4.03. The minimum absolute atomic E-state index is 0.0268. The second kappa shape index (κ2) is 8.64. The van der Waals surface area contributed by atoms with Crippen LogP contribution in [0.4, 0.5) is 5.69 Å². The number of anilines is 1. The number of hydrogen-bond acceptors (Lipinski definition) is 3. The van der Waals surface area contributed by atoms with E-state index in [9.17, 15) is 9.59 Å². The number of nitrogens with one attached hydrogen (secondary N) is 1. The van der Waals surface area contributed by atoms with Gasteiger partial charge in [0.25, 0.3) is 0 Å². The number of nitrogens with two attached hydrogens (primary N) is 1. The molecule has 1 aromatic carbocycles. The van der Waals surface area contributed by atoms with Crippen LogP contribution in [-0.2, 0) is 16.1 Å². The van der Waals surface area contributed by atoms with Gasteiger partial charge in [0, 0.05) is 36.7 Å². The summed E-state index contributed by atoms with van der Waals surface area (Å²) in [6.07, 6.45) is 6.81. The van der Waals surface area contributed by atoms with Crippen LogP contribution in [0.2, 0.25) is 0 Å². The zero-order valence-corrected chi connectivity index (χ0v) is 17.5. The number of carbonyl (C=O) groups excluding carboxylic acids is 2. The molecule has 3 N–H and O–H groups in total. The monoisotopic (exact) mass is 385 g/mol. The first kappa shape index (κ1) is 20.8. The number of benzene rings is 1. The van der Waals surface area contributed by atoms with Crippen molar-refractivity contribution in [2.75, 3.05) is 5.32 Å². The van der Waals surface area contributed by atoms with Crippen LogP contribution in [0, 0.1) is 11.3 Å². The Morgan fingerprint density at radius 3 is 2.29 bits per heavy atom. The zero-order valence-electron chi connectivity index (χ0n) is 17.5. The molecular formula is C23H35N3O2. The fraction of sp³-hybridized carbons (Fsp3) is 0.652. The predicted molar refractivity (Wildman–Crippen MR) is 113 cm³/mol. The average Bonchev–Trinajstić information content (AvgIpc) is 3.45. The summed E-state index contributed by atoms with van der Waals surface area (Å²) >= 11 is 0. The lowest BCUT2D eigenvalue weighted by atomic mass is 9.89. The molecule has 2 amide bonds. The Balaban J connectivity index is 1.65. The first-order valence-electron chi connectivity index (χ1n) is 10.7. The lowest BCUT2D eigenvalue weighted by molar-refractivity contribution is -0.136. The van der Waals surface area contributed by atoms with Crippen LogP contribution >= 0.6 is 0 Å². The summed E-state index contributed by atoms with van der Waals surface area (Å²) in [6, 6.07) is 8.09. The first-order valence-corrected chi connectivity index (χ1v) is 10.7. The van der Waals surface area contributed by atoms with Crippen molar-refractivity contribution in [3.63, 3.8) is 0 Å². The van der Waals surface area contributed by atoms with Gasteiger partial charge in [-0.1, -0.05) is 45.7 Å². The highest BCUT2D eigenvalue weighted by Gasteiger charge is 2.38. The fourth-order valence-corrected chi connectivity index (χ4v) is 4.03. The lowest BCUT2D eigenvalue weighted by Crippen LogP contribution is -2.52. The molecule has 2 aliphatic rings. The second-order valence-corrected chi connectivity index (χ2v) is 9.74. The van der Waals surface area contributed by atoms with Gasteiger partial charge in [0.2, 0.25) is 11.8 Å². The van der Waals surface area contributed by atoms with E-state index in [0.29, 0.717) is 13.0 Å². The van der Waals surface area contributed by atoms with Crippen LogP contribution in [0.3, 0.4) is 0 Å². The van der Waals surface area contributed by atoms with E-state index < -0.39 is 0 Å². The number of nitrogens with zero attached hydrogens (tertiary/aromatic N) is 1. The van der Waals surface area contributed by atoms with Crippen molar-refractivity contribution in [2.24, 2.45) is 17.1 Å². The standard InChI is InChI=1S/C23H35N3O2/c1-23(2,3)14-21(27)25-18-12-8-16(9-13-18)15-26(22(28)17-10-11-17)20-7-5-4-6-19(20)24/h8-9,12-13,17,19-20H,4-7,10-11,14-15,24H2,1-3H3,(H,25,27). The quantitative estimate of drug-likeness (QED) is 0.775. The summed E-state index contributed by atoms with van der Waals surface area (Å²) in [5, 5.41) is 2.96. The Morgan fingerprint density at radius 1 is 1.07 bits per heavy atom. The Kier molecular flexibility index (Phi) is 6.43. The van der Waals surface area contributed by atoms with E-state index in [1.165, 1.54) is 0 Å². The minimum Gasteiger partial charge on any atom is -0.334 e. The van der Waals surface area contributed by atoms with Crippen molar-refractivity contribution in [3.8, 4) is 0 Å². The number of amides is 2. The molecule has 0 saturated heterocycles. The van der Waals surface area contributed by atoms with Gasteiger partial charge in [-0.3, -0.25) is 9.59 Å². The van der Waals surface area contributed by atoms with Gasteiger partial charge in [0.15, 0.2) is 0 Å². The Hall–Kier alpha value is -1.88. The molecule has 1 aromatic rings. The molecule has 2 saturated carbocycles. The highest BCUT2D eigenvalue weighted by Crippen LogP contribution is 2.34. The molecule has 0 spiro atoms. The topological polar surface area (TPSA) is 75.4 Å². The smallest absolute Gasteiger partial charge is 0.226 e. The lowest BCUT2D eigenvalue weighted by Gasteiger charge is -2.38. The number of rotatable bonds is 6. The molecule has 5 nitrogen and oxygen atoms in total. The Labute approximate surface area is 169 Å². The minimum atomic E-state index is -0.0353. The Morgan fingerprint density at radius 2 is 1.71 bits per heavy atom. The molecule has 3 rings (SSSR count). The van der Waals surface area contributed by atoms with Crippen LogP contribution in [0.25, 0.3) is 0 Å². The third-order valence-electron chi connectivity index (χ3n) is 5.67. The summed E-state index contributed by atoms with van der Waals surface area (Å²) in [6.45, 7) is 6.76. The molecule has 0 aromatic heterocycles. The van der Waals surface area contributed by atoms with Gasteiger partial charge in [0.05, 0.1) is 0 Å². The molecule has 154 valence electrons. The SMILES string of the molecule is CC(C)(C)CC(=O)Nc1ccc(CN(C(=O)C2CC2)C2CCCCC2N)cc1. The Bertz CT molecular complexity index is 689. The normalized spacial score (nSPS) is 22.6. The summed E-state index contributed by atoms with van der Waals surface area (Å²) in [7, 11) is 0. The van der Waals surface area contributed by atoms with Gasteiger partial charge in [-0.2, -0.15) is 0 Å². The van der Waals surface area contributed by atoms with E-state index in [-0.39, 0.29) is 35.2 Å². The van der Waals surface area contributed by atoms with E-state index in [1.807, 2.05) is 29.2 Å². The average molecular weight is 386 g/mol. The molecule has 5 heteroatoms. The van der Waals surface area contributed by atoms with Crippen molar-refractivity contribution in [3.05, 3.63) is 29.8 Å². The summed E-state index contributed by atoms with van der Waals surface area (Å²) in [4.78, 5) is 27.1. The summed E-state index contributed by atoms with van der Waals surface area (Å²) < 4.78 is 0. The van der Waals surface area contributed by atoms with Crippen LogP contribution in [-0.4, -0.2) is 28.8 Å². The molecule has 2 unspecified atom stereocenters. The maximum atomic E-state index is 12.9. The highest BCUT2D eigenvalue weighted by atomic mass is 16.2. The molecule has 0 aliphatic heterocycles. The zero-order chi connectivity index (χ0) is 20.3. The molecule has 2 atom stereocenters. The van der Waals surface area contributed by atoms with Crippen molar-refractivity contribution in [1.82, 2.24) is 4.90 Å². The maximum Gasteiger partial charge on any atom is 0.226 e. The van der Waals surface area contributed by atoms with E-state index >= 15 is 0 Å². The third-order valence-corrected chi connectivity index (χ3v) is 5.67. The number of carbonyl (C=O) groups is 2. The molecule has 0 heterocycles. The van der Waals surface area contributed by atoms with Crippen molar-refractivity contribution < 1.29 is 9.59 Å². The van der Waals surface area contributed by atoms with Crippen LogP contribution < -0.4 is 11.1 Å². The molecule has 0 bridgehead atoms. The van der Waals surface area contributed by atoms with Gasteiger partial charge < -0.3 is 16.0 Å². The van der Waals surface area contributed by atoms with Gasteiger partial charge in [-0.25, -0.2) is 0 Å². The summed E-state index contributed by atoms with van der Waals surface area (Å²) in [5.74, 6) is 0.494. The van der Waals surface area contributed by atoms with Crippen LogP contribution in [0.15, 0.2) is 24.3 Å². The molecule has 28 heavy (non-hydrogen) atoms. The third kappa shape index (κ3) is 5.81. The van der Waals surface area contributed by atoms with Gasteiger partial charge >= 0.3 is 0 Å². The molecule has 2 fully saturated rings. The molecule has 0 radical (unpaired) electrons. The van der Waals surface area contributed by atoms with Gasteiger partial charge in [-0.15, -0.1) is 0 Å². The van der Waals surface area contributed by atoms with E-state index in [0.717, 1.165) is 49.8 Å². The van der Waals surface area contributed by atoms with E-state index in [1.54, 1.807) is 0 Å². The first-order chi connectivity index (χ1) is 13.2. The predicted octanol–water partition coefficient (Wildman–Crippen LogP) is 4.07. The van der Waals surface area contributed by atoms with Crippen molar-refractivity contribution in [2.45, 2.75) is 84.3 Å². The highest BCUT2D eigenvalue weighted by molar-refractivity contribution is 5.91. The molecule has 2 aliphatic carbocycles. The van der Waals surface area contributed by atoms with E-state index in [2.05, 4.69) is 26.1 Å². The van der Waals surface area contributed by atoms with Crippen molar-refractivity contribution in [1.29, 1.82) is 0 Å². The second-order valence-electron chi connectivity index (χ2n) is 9.74. The molecular weight excluding hydrogens is 350 g/mol.